The summed E-state index contributed by atoms with van der Waals surface area (Å²) in [6.45, 7) is 21.0. The molecule has 6 nitrogen and oxygen atoms in total. The molecule has 0 aromatic heterocycles. The van der Waals surface area contributed by atoms with Gasteiger partial charge in [0.2, 0.25) is 0 Å². The van der Waals surface area contributed by atoms with Crippen LogP contribution >= 0.6 is 39.5 Å². The van der Waals surface area contributed by atoms with Crippen molar-refractivity contribution in [1.29, 1.82) is 0 Å². The van der Waals surface area contributed by atoms with E-state index in [0.29, 0.717) is 29.4 Å². The quantitative estimate of drug-likeness (QED) is 0.0877. The monoisotopic (exact) mass is 939 g/mol. The average Bonchev–Trinajstić information content (AvgIpc) is 3.42. The third-order valence-corrected chi connectivity index (χ3v) is 18.0. The van der Waals surface area contributed by atoms with Gasteiger partial charge in [0, 0.05) is 0 Å². The Morgan fingerprint density at radius 2 is 1.15 bits per heavy atom. The molecule has 1 saturated heterocycles. The number of nitro benzene ring substituents is 1. The Kier molecular flexibility index (Phi) is 12.3. The van der Waals surface area contributed by atoms with E-state index in [2.05, 4.69) is 146 Å². The summed E-state index contributed by atoms with van der Waals surface area (Å²) in [6, 6.07) is 18.6. The number of nitrogens with zero attached hydrogens (tertiary/aromatic N) is 3. The van der Waals surface area contributed by atoms with Gasteiger partial charge in [-0.25, -0.2) is 0 Å². The SMILES string of the molecule is CC(C)Oc1ccc([N+](=O)[O-])cc1[CH]=[Ru]([I])([I])=[C]1N(c2c(C(C)C)cccc2C(C)C)CCN1c1c(C(C)C)cccc1C(C)C. The third kappa shape index (κ3) is 7.94. The van der Waals surface area contributed by atoms with Crippen molar-refractivity contribution in [1.82, 2.24) is 0 Å². The Bertz CT molecular complexity index is 1590. The van der Waals surface area contributed by atoms with Gasteiger partial charge in [-0.05, 0) is 0 Å². The van der Waals surface area contributed by atoms with Gasteiger partial charge in [-0.1, -0.05) is 0 Å². The second-order valence-electron chi connectivity index (χ2n) is 13.4. The summed E-state index contributed by atoms with van der Waals surface area (Å²) in [4.78, 5) is 16.9. The van der Waals surface area contributed by atoms with Gasteiger partial charge in [0.1, 0.15) is 0 Å². The van der Waals surface area contributed by atoms with E-state index in [0.717, 1.165) is 18.7 Å². The number of rotatable bonds is 10. The zero-order valence-corrected chi connectivity index (χ0v) is 34.8. The average molecular weight is 939 g/mol. The topological polar surface area (TPSA) is 58.9 Å². The van der Waals surface area contributed by atoms with Gasteiger partial charge in [-0.2, -0.15) is 0 Å². The van der Waals surface area contributed by atoms with Gasteiger partial charge in [0.05, 0.1) is 0 Å². The van der Waals surface area contributed by atoms with Gasteiger partial charge < -0.3 is 0 Å². The molecule has 3 aromatic rings. The van der Waals surface area contributed by atoms with Crippen molar-refractivity contribution in [3.05, 3.63) is 92.5 Å². The summed E-state index contributed by atoms with van der Waals surface area (Å²) < 4.78 is 9.89. The molecule has 3 aromatic carbocycles. The predicted molar refractivity (Wildman–Crippen MR) is 211 cm³/mol. The van der Waals surface area contributed by atoms with Crippen molar-refractivity contribution < 1.29 is 16.5 Å². The van der Waals surface area contributed by atoms with E-state index >= 15 is 0 Å². The molecule has 0 bridgehead atoms. The first-order valence-corrected chi connectivity index (χ1v) is 28.4. The van der Waals surface area contributed by atoms with Crippen molar-refractivity contribution in [2.24, 2.45) is 0 Å². The summed E-state index contributed by atoms with van der Waals surface area (Å²) in [5, 5.41) is 11.9. The molecular weight excluding hydrogens is 889 g/mol. The molecule has 0 spiro atoms. The van der Waals surface area contributed by atoms with Crippen LogP contribution in [0.1, 0.15) is 121 Å². The maximum absolute atomic E-state index is 11.9. The van der Waals surface area contributed by atoms with Crippen LogP contribution in [0.25, 0.3) is 0 Å². The fourth-order valence-electron chi connectivity index (χ4n) is 6.10. The summed E-state index contributed by atoms with van der Waals surface area (Å²) in [6.07, 6.45) is -0.0537. The summed E-state index contributed by atoms with van der Waals surface area (Å²) in [5.74, 6) is 2.11. The molecule has 9 heteroatoms. The second kappa shape index (κ2) is 15.2. The van der Waals surface area contributed by atoms with Crippen molar-refractivity contribution in [2.45, 2.75) is 99.0 Å². The van der Waals surface area contributed by atoms with E-state index in [4.69, 9.17) is 4.74 Å². The van der Waals surface area contributed by atoms with Crippen molar-refractivity contribution >= 4 is 65.5 Å². The fraction of sp³-hybridized carbons (Fsp3) is 0.459. The van der Waals surface area contributed by atoms with Crippen LogP contribution in [-0.4, -0.2) is 33.1 Å². The van der Waals surface area contributed by atoms with Crippen LogP contribution in [0.3, 0.4) is 0 Å². The summed E-state index contributed by atoms with van der Waals surface area (Å²) in [5.41, 5.74) is 8.94. The molecular formula is C37H49I2N3O3Ru. The number of para-hydroxylation sites is 2. The Balaban J connectivity index is 2.19. The first-order chi connectivity index (χ1) is 21.5. The number of hydrogen-bond acceptors (Lipinski definition) is 5. The standard InChI is InChI=1S/C27H38N2.C10H11NO3.2HI.Ru/c1-18(2)22-11-9-12-23(19(3)4)26(22)28-15-16-29(17-28)27-24(20(5)6)13-10-14-25(27)21(7)8;1-7(2)14-10-5-4-9(11(12)13)6-8(10)3;;;/h9-14,18-21H,15-16H2,1-8H3;3-7H,1-2H3;2*1H;/q;;;;+2/p-2. The number of non-ortho nitro benzene ring substituents is 1. The second-order valence-corrected chi connectivity index (χ2v) is 39.8. The minimum atomic E-state index is -3.04. The number of hydrogen-bond donors (Lipinski definition) is 0. The van der Waals surface area contributed by atoms with E-state index in [-0.39, 0.29) is 16.7 Å². The van der Waals surface area contributed by atoms with Crippen LogP contribution in [0.15, 0.2) is 54.6 Å². The van der Waals surface area contributed by atoms with Gasteiger partial charge in [0.25, 0.3) is 0 Å². The first kappa shape index (κ1) is 37.1. The van der Waals surface area contributed by atoms with Gasteiger partial charge in [-0.3, -0.25) is 0 Å². The molecule has 46 heavy (non-hydrogen) atoms. The van der Waals surface area contributed by atoms with Crippen LogP contribution in [0.2, 0.25) is 0 Å². The molecule has 0 atom stereocenters. The van der Waals surface area contributed by atoms with Crippen molar-refractivity contribution in [3.63, 3.8) is 0 Å². The van der Waals surface area contributed by atoms with E-state index in [1.165, 1.54) is 38.0 Å². The van der Waals surface area contributed by atoms with Crippen LogP contribution in [0.5, 0.6) is 5.75 Å². The Labute approximate surface area is 299 Å². The zero-order valence-electron chi connectivity index (χ0n) is 28.8. The Hall–Kier alpha value is -1.72. The van der Waals surface area contributed by atoms with Crippen LogP contribution in [0.4, 0.5) is 17.1 Å². The van der Waals surface area contributed by atoms with Gasteiger partial charge >= 0.3 is 302 Å². The predicted octanol–water partition coefficient (Wildman–Crippen LogP) is 11.0. The van der Waals surface area contributed by atoms with E-state index in [9.17, 15) is 10.1 Å². The normalized spacial score (nSPS) is 14.4. The molecule has 0 saturated carbocycles. The molecule has 1 aliphatic rings. The molecule has 0 amide bonds. The molecule has 1 fully saturated rings. The number of anilines is 2. The minimum absolute atomic E-state index is 0.0537. The molecule has 0 aliphatic carbocycles. The molecule has 0 unspecified atom stereocenters. The van der Waals surface area contributed by atoms with Crippen molar-refractivity contribution in [3.8, 4) is 5.75 Å². The third-order valence-electron chi connectivity index (χ3n) is 8.22. The molecule has 1 aliphatic heterocycles. The molecule has 1 heterocycles. The van der Waals surface area contributed by atoms with Crippen LogP contribution < -0.4 is 14.5 Å². The molecule has 0 radical (unpaired) electrons. The number of benzene rings is 3. The summed E-state index contributed by atoms with van der Waals surface area (Å²) in [7, 11) is 0. The van der Waals surface area contributed by atoms with E-state index in [1.54, 1.807) is 18.2 Å². The Morgan fingerprint density at radius 3 is 1.50 bits per heavy atom. The number of ether oxygens (including phenoxy) is 1. The number of nitro groups is 1. The van der Waals surface area contributed by atoms with Crippen LogP contribution in [-0.2, 0) is 6.84 Å². The van der Waals surface area contributed by atoms with E-state index in [1.807, 2.05) is 13.8 Å². The summed E-state index contributed by atoms with van der Waals surface area (Å²) >= 11 is 5.43. The zero-order chi connectivity index (χ0) is 34.1. The van der Waals surface area contributed by atoms with Gasteiger partial charge in [-0.15, -0.1) is 0 Å². The van der Waals surface area contributed by atoms with Gasteiger partial charge in [0.15, 0.2) is 0 Å². The maximum atomic E-state index is 11.9. The molecule has 0 N–H and O–H groups in total. The van der Waals surface area contributed by atoms with E-state index < -0.39 is 6.84 Å². The fourth-order valence-corrected chi connectivity index (χ4v) is 17.1. The molecule has 252 valence electrons. The first-order valence-electron chi connectivity index (χ1n) is 16.1. The van der Waals surface area contributed by atoms with Crippen molar-refractivity contribution in [2.75, 3.05) is 22.9 Å². The van der Waals surface area contributed by atoms with Crippen LogP contribution in [0, 0.1) is 10.1 Å². The number of halogens is 2. The Morgan fingerprint density at radius 1 is 0.739 bits per heavy atom. The molecule has 4 rings (SSSR count).